The van der Waals surface area contributed by atoms with Gasteiger partial charge in [0.05, 0.1) is 0 Å². The zero-order chi connectivity index (χ0) is 10.1. The molecule has 0 bridgehead atoms. The van der Waals surface area contributed by atoms with Crippen molar-refractivity contribution in [2.45, 2.75) is 0 Å². The van der Waals surface area contributed by atoms with Crippen LogP contribution in [0.4, 0.5) is 4.39 Å². The average Bonchev–Trinajstić information content (AvgIpc) is 2.48. The van der Waals surface area contributed by atoms with Crippen molar-refractivity contribution in [1.82, 2.24) is 4.98 Å². The van der Waals surface area contributed by atoms with E-state index in [9.17, 15) is 4.39 Å². The topological polar surface area (TPSA) is 12.9 Å². The number of benzene rings is 1. The highest BCUT2D eigenvalue weighted by Gasteiger charge is 2.11. The number of hydrogen-bond donors (Lipinski definition) is 0. The molecule has 0 spiro atoms. The fourth-order valence-corrected chi connectivity index (χ4v) is 2.26. The second kappa shape index (κ2) is 3.85. The van der Waals surface area contributed by atoms with Gasteiger partial charge in [-0.1, -0.05) is 35.3 Å². The molecule has 72 valence electrons. The third-order valence-electron chi connectivity index (χ3n) is 1.65. The third kappa shape index (κ3) is 1.75. The molecule has 0 radical (unpaired) electrons. The molecule has 0 unspecified atom stereocenters. The summed E-state index contributed by atoms with van der Waals surface area (Å²) in [6.07, 6.45) is 0. The molecule has 1 aromatic carbocycles. The molecule has 1 aromatic heterocycles. The van der Waals surface area contributed by atoms with Crippen molar-refractivity contribution in [3.8, 4) is 10.6 Å². The molecule has 2 rings (SSSR count). The fraction of sp³-hybridized carbons (Fsp3) is 0. The Hall–Kier alpha value is -0.640. The molecule has 14 heavy (non-hydrogen) atoms. The standard InChI is InChI=1S/C9H4Cl2FNS/c10-7-8(11)14-9(13-7)5-3-1-2-4-6(5)12/h1-4H. The lowest BCUT2D eigenvalue weighted by molar-refractivity contribution is 0.631. The first-order valence-corrected chi connectivity index (χ1v) is 5.32. The van der Waals surface area contributed by atoms with E-state index in [1.807, 2.05) is 0 Å². The van der Waals surface area contributed by atoms with Crippen molar-refractivity contribution in [2.75, 3.05) is 0 Å². The SMILES string of the molecule is Fc1ccccc1-c1nc(Cl)c(Cl)s1. The lowest BCUT2D eigenvalue weighted by Gasteiger charge is -1.96. The van der Waals surface area contributed by atoms with Crippen LogP contribution in [0.2, 0.25) is 9.49 Å². The van der Waals surface area contributed by atoms with Gasteiger partial charge < -0.3 is 0 Å². The maximum Gasteiger partial charge on any atom is 0.159 e. The van der Waals surface area contributed by atoms with E-state index in [0.717, 1.165) is 11.3 Å². The molecule has 0 N–H and O–H groups in total. The first-order valence-electron chi connectivity index (χ1n) is 3.75. The van der Waals surface area contributed by atoms with Gasteiger partial charge in [-0.25, -0.2) is 9.37 Å². The van der Waals surface area contributed by atoms with Gasteiger partial charge in [0.2, 0.25) is 0 Å². The summed E-state index contributed by atoms with van der Waals surface area (Å²) < 4.78 is 13.7. The number of hydrogen-bond acceptors (Lipinski definition) is 2. The lowest BCUT2D eigenvalue weighted by atomic mass is 10.2. The summed E-state index contributed by atoms with van der Waals surface area (Å²) in [5.74, 6) is -0.324. The van der Waals surface area contributed by atoms with Crippen molar-refractivity contribution in [3.05, 3.63) is 39.6 Å². The molecule has 0 saturated heterocycles. The Morgan fingerprint density at radius 2 is 1.93 bits per heavy atom. The Kier molecular flexibility index (Phi) is 2.72. The van der Waals surface area contributed by atoms with Gasteiger partial charge in [0.1, 0.15) is 15.2 Å². The minimum atomic E-state index is -0.324. The van der Waals surface area contributed by atoms with Gasteiger partial charge in [-0.3, -0.25) is 0 Å². The minimum absolute atomic E-state index is 0.218. The molecule has 0 fully saturated rings. The van der Waals surface area contributed by atoms with E-state index in [1.165, 1.54) is 6.07 Å². The summed E-state index contributed by atoms with van der Waals surface area (Å²) in [5, 5.41) is 0.716. The Labute approximate surface area is 94.1 Å². The van der Waals surface area contributed by atoms with Crippen molar-refractivity contribution >= 4 is 34.5 Å². The molecule has 1 nitrogen and oxygen atoms in total. The second-order valence-corrected chi connectivity index (χ2v) is 4.52. The molecule has 0 amide bonds. The van der Waals surface area contributed by atoms with Crippen LogP contribution in [0.3, 0.4) is 0 Å². The lowest BCUT2D eigenvalue weighted by Crippen LogP contribution is -1.81. The molecule has 0 atom stereocenters. The Morgan fingerprint density at radius 3 is 2.50 bits per heavy atom. The molecular weight excluding hydrogens is 244 g/mol. The fourth-order valence-electron chi connectivity index (χ4n) is 1.03. The minimum Gasteiger partial charge on any atom is -0.223 e. The summed E-state index contributed by atoms with van der Waals surface area (Å²) >= 11 is 12.6. The quantitative estimate of drug-likeness (QED) is 0.734. The normalized spacial score (nSPS) is 10.5. The maximum absolute atomic E-state index is 13.3. The van der Waals surface area contributed by atoms with Crippen LogP contribution in [0.15, 0.2) is 24.3 Å². The van der Waals surface area contributed by atoms with E-state index >= 15 is 0 Å². The van der Waals surface area contributed by atoms with E-state index in [1.54, 1.807) is 18.2 Å². The third-order valence-corrected chi connectivity index (χ3v) is 3.42. The van der Waals surface area contributed by atoms with Crippen LogP contribution in [-0.4, -0.2) is 4.98 Å². The summed E-state index contributed by atoms with van der Waals surface area (Å²) in [7, 11) is 0. The maximum atomic E-state index is 13.3. The van der Waals surface area contributed by atoms with Gasteiger partial charge in [0.15, 0.2) is 5.15 Å². The monoisotopic (exact) mass is 247 g/mol. The van der Waals surface area contributed by atoms with Crippen LogP contribution < -0.4 is 0 Å². The molecule has 1 heterocycles. The number of nitrogens with zero attached hydrogens (tertiary/aromatic N) is 1. The van der Waals surface area contributed by atoms with Crippen molar-refractivity contribution in [3.63, 3.8) is 0 Å². The first-order chi connectivity index (χ1) is 6.68. The predicted octanol–water partition coefficient (Wildman–Crippen LogP) is 4.26. The zero-order valence-electron chi connectivity index (χ0n) is 6.80. The van der Waals surface area contributed by atoms with Crippen molar-refractivity contribution in [1.29, 1.82) is 0 Å². The van der Waals surface area contributed by atoms with Crippen LogP contribution in [0.25, 0.3) is 10.6 Å². The van der Waals surface area contributed by atoms with Crippen LogP contribution in [0.5, 0.6) is 0 Å². The van der Waals surface area contributed by atoms with Crippen LogP contribution in [-0.2, 0) is 0 Å². The molecule has 0 aliphatic carbocycles. The predicted molar refractivity (Wildman–Crippen MR) is 57.5 cm³/mol. The number of thiazole rings is 1. The van der Waals surface area contributed by atoms with Gasteiger partial charge in [-0.2, -0.15) is 0 Å². The summed E-state index contributed by atoms with van der Waals surface area (Å²) in [6, 6.07) is 6.37. The highest BCUT2D eigenvalue weighted by Crippen LogP contribution is 2.35. The van der Waals surface area contributed by atoms with E-state index < -0.39 is 0 Å². The number of halogens is 3. The molecule has 5 heteroatoms. The molecule has 0 aliphatic heterocycles. The van der Waals surface area contributed by atoms with Gasteiger partial charge in [-0.05, 0) is 12.1 Å². The molecule has 0 saturated carbocycles. The average molecular weight is 248 g/mol. The number of aromatic nitrogens is 1. The van der Waals surface area contributed by atoms with Crippen LogP contribution >= 0.6 is 34.5 Å². The second-order valence-electron chi connectivity index (χ2n) is 2.56. The summed E-state index contributed by atoms with van der Waals surface area (Å²) in [5.41, 5.74) is 0.423. The van der Waals surface area contributed by atoms with Crippen LogP contribution in [0, 0.1) is 5.82 Å². The zero-order valence-corrected chi connectivity index (χ0v) is 9.13. The first kappa shape index (κ1) is 9.90. The van der Waals surface area contributed by atoms with E-state index in [2.05, 4.69) is 4.98 Å². The Bertz CT molecular complexity index is 450. The molecule has 0 aliphatic rings. The van der Waals surface area contributed by atoms with Gasteiger partial charge in [0.25, 0.3) is 0 Å². The van der Waals surface area contributed by atoms with Crippen LogP contribution in [0.1, 0.15) is 0 Å². The summed E-state index contributed by atoms with van der Waals surface area (Å²) in [6.45, 7) is 0. The highest BCUT2D eigenvalue weighted by atomic mass is 35.5. The number of rotatable bonds is 1. The highest BCUT2D eigenvalue weighted by molar-refractivity contribution is 7.19. The Morgan fingerprint density at radius 1 is 1.21 bits per heavy atom. The smallest absolute Gasteiger partial charge is 0.159 e. The Balaban J connectivity index is 2.55. The summed E-state index contributed by atoms with van der Waals surface area (Å²) in [4.78, 5) is 3.95. The van der Waals surface area contributed by atoms with Gasteiger partial charge >= 0.3 is 0 Å². The van der Waals surface area contributed by atoms with Crippen molar-refractivity contribution < 1.29 is 4.39 Å². The largest absolute Gasteiger partial charge is 0.223 e. The van der Waals surface area contributed by atoms with Gasteiger partial charge in [-0.15, -0.1) is 11.3 Å². The van der Waals surface area contributed by atoms with Gasteiger partial charge in [0, 0.05) is 5.56 Å². The van der Waals surface area contributed by atoms with E-state index in [-0.39, 0.29) is 11.0 Å². The molecular formula is C9H4Cl2FNS. The van der Waals surface area contributed by atoms with E-state index in [0.29, 0.717) is 14.9 Å². The molecule has 2 aromatic rings. The van der Waals surface area contributed by atoms with E-state index in [4.69, 9.17) is 23.2 Å². The van der Waals surface area contributed by atoms with Crippen molar-refractivity contribution in [2.24, 2.45) is 0 Å².